The number of aliphatic carboxylic acids is 4. The Bertz CT molecular complexity index is 1230. The van der Waals surface area contributed by atoms with E-state index in [1.54, 1.807) is 0 Å². The van der Waals surface area contributed by atoms with Gasteiger partial charge in [-0.25, -0.2) is 0 Å². The predicted octanol–water partition coefficient (Wildman–Crippen LogP) is -0.134. The van der Waals surface area contributed by atoms with Crippen molar-refractivity contribution < 1.29 is 125 Å². The molecule has 0 saturated heterocycles. The van der Waals surface area contributed by atoms with E-state index in [2.05, 4.69) is 13.8 Å². The van der Waals surface area contributed by atoms with Gasteiger partial charge in [0.2, 0.25) is 4.75 Å². The Kier molecular flexibility index (Phi) is 38.8. The van der Waals surface area contributed by atoms with Crippen LogP contribution >= 0.6 is 0 Å². The SMILES string of the molecule is CCCCCCCCCCCCC(CC(=O)O)(C(=O)O)S(=O)(=O)O.CCCCCCCCCCCCCCCCC(CC(=O)[O-])(C(=O)[O-])S(=O)(=O)O.[Na+].[Na+]. The standard InChI is InChI=1S/C20H38O7S.C16H30O7S.2Na/c1-2-3-4-5-6-7-8-9-10-11-12-13-14-15-16-20(19(23)24,17-18(21)22)28(25,26)27;1-2-3-4-5-6-7-8-9-10-11-12-16(15(19)20,13-14(17)18)24(21,22)23;;/h2-17H2,1H3,(H,21,22)(H,23,24)(H,25,26,27);2-13H2,1H3,(H,17,18)(H,19,20)(H,21,22,23);;/q;;2*+1/p-2. The zero-order valence-electron chi connectivity index (χ0n) is 33.5. The third-order valence-electron chi connectivity index (χ3n) is 9.48. The van der Waals surface area contributed by atoms with Crippen LogP contribution < -0.4 is 69.3 Å². The molecule has 18 heteroatoms. The fraction of sp³-hybridized carbons (Fsp3) is 0.889. The maximum atomic E-state index is 11.4. The van der Waals surface area contributed by atoms with E-state index < -0.39 is 79.3 Å². The van der Waals surface area contributed by atoms with E-state index in [1.807, 2.05) is 0 Å². The van der Waals surface area contributed by atoms with E-state index >= 15 is 0 Å². The Hall–Kier alpha value is -0.300. The number of rotatable bonds is 34. The molecular formula is C36H66Na2O14S2. The number of unbranched alkanes of at least 4 members (excludes halogenated alkanes) is 22. The summed E-state index contributed by atoms with van der Waals surface area (Å²) in [6.45, 7) is 4.37. The second kappa shape index (κ2) is 34.7. The fourth-order valence-electron chi connectivity index (χ4n) is 6.17. The molecule has 0 heterocycles. The van der Waals surface area contributed by atoms with Gasteiger partial charge in [0.25, 0.3) is 20.2 Å². The summed E-state index contributed by atoms with van der Waals surface area (Å²) in [6.07, 6.45) is 21.5. The van der Waals surface area contributed by atoms with E-state index in [0.29, 0.717) is 12.8 Å². The van der Waals surface area contributed by atoms with Crippen molar-refractivity contribution >= 4 is 44.1 Å². The molecule has 0 spiro atoms. The normalized spacial score (nSPS) is 13.6. The van der Waals surface area contributed by atoms with Gasteiger partial charge in [0.15, 0.2) is 0 Å². The third kappa shape index (κ3) is 27.4. The van der Waals surface area contributed by atoms with Crippen molar-refractivity contribution in [3.8, 4) is 0 Å². The molecule has 0 aliphatic rings. The van der Waals surface area contributed by atoms with Gasteiger partial charge in [-0.05, 0) is 12.8 Å². The molecule has 0 aliphatic heterocycles. The zero-order valence-corrected chi connectivity index (χ0v) is 39.1. The first-order valence-electron chi connectivity index (χ1n) is 19.1. The third-order valence-corrected chi connectivity index (χ3v) is 12.5. The second-order valence-corrected chi connectivity index (χ2v) is 17.4. The van der Waals surface area contributed by atoms with E-state index in [0.717, 1.165) is 51.4 Å². The number of carbonyl (C=O) groups excluding carboxylic acids is 2. The molecule has 0 aliphatic carbocycles. The van der Waals surface area contributed by atoms with Crippen molar-refractivity contribution in [3.63, 3.8) is 0 Å². The van der Waals surface area contributed by atoms with Crippen molar-refractivity contribution in [1.29, 1.82) is 0 Å². The first kappa shape index (κ1) is 60.4. The summed E-state index contributed by atoms with van der Waals surface area (Å²) in [4.78, 5) is 44.1. The molecule has 308 valence electrons. The number of carbonyl (C=O) groups is 4. The number of hydrogen-bond acceptors (Lipinski definition) is 10. The molecule has 2 atom stereocenters. The Labute approximate surface area is 368 Å². The maximum Gasteiger partial charge on any atom is 1.00 e. The van der Waals surface area contributed by atoms with Gasteiger partial charge in [0.1, 0.15) is 4.75 Å². The van der Waals surface area contributed by atoms with Gasteiger partial charge in [0, 0.05) is 12.4 Å². The minimum atomic E-state index is -5.12. The van der Waals surface area contributed by atoms with E-state index in [1.165, 1.54) is 77.0 Å². The molecule has 0 radical (unpaired) electrons. The Morgan fingerprint density at radius 2 is 0.722 bits per heavy atom. The predicted molar refractivity (Wildman–Crippen MR) is 194 cm³/mol. The fourth-order valence-corrected chi connectivity index (χ4v) is 8.01. The summed E-state index contributed by atoms with van der Waals surface area (Å²) in [5.74, 6) is -7.34. The largest absolute Gasteiger partial charge is 1.00 e. The Morgan fingerprint density at radius 1 is 0.463 bits per heavy atom. The molecule has 0 saturated carbocycles. The van der Waals surface area contributed by atoms with E-state index in [-0.39, 0.29) is 72.0 Å². The zero-order chi connectivity index (χ0) is 40.1. The van der Waals surface area contributed by atoms with Crippen LogP contribution in [0.1, 0.15) is 194 Å². The average molecular weight is 833 g/mol. The quantitative estimate of drug-likeness (QED) is 0.0374. The number of carboxylic acid groups (broad SMARTS) is 4. The molecule has 0 bridgehead atoms. The topological polar surface area (TPSA) is 264 Å². The summed E-state index contributed by atoms with van der Waals surface area (Å²) >= 11 is 0. The van der Waals surface area contributed by atoms with Crippen LogP contribution in [0.3, 0.4) is 0 Å². The molecule has 0 amide bonds. The van der Waals surface area contributed by atoms with Crippen molar-refractivity contribution in [2.45, 2.75) is 203 Å². The van der Waals surface area contributed by atoms with Crippen LogP contribution in [0.5, 0.6) is 0 Å². The Balaban J connectivity index is -0.000000451. The Morgan fingerprint density at radius 3 is 0.926 bits per heavy atom. The molecular weight excluding hydrogens is 766 g/mol. The monoisotopic (exact) mass is 832 g/mol. The summed E-state index contributed by atoms with van der Waals surface area (Å²) in [7, 11) is -10.1. The van der Waals surface area contributed by atoms with Crippen LogP contribution in [0.25, 0.3) is 0 Å². The molecule has 2 unspecified atom stereocenters. The molecule has 0 aromatic carbocycles. The first-order chi connectivity index (χ1) is 24.3. The molecule has 54 heavy (non-hydrogen) atoms. The van der Waals surface area contributed by atoms with Crippen LogP contribution in [-0.2, 0) is 39.4 Å². The van der Waals surface area contributed by atoms with Crippen molar-refractivity contribution in [2.24, 2.45) is 0 Å². The van der Waals surface area contributed by atoms with Crippen LogP contribution in [0.4, 0.5) is 0 Å². The molecule has 14 nitrogen and oxygen atoms in total. The van der Waals surface area contributed by atoms with Crippen molar-refractivity contribution in [3.05, 3.63) is 0 Å². The summed E-state index contributed by atoms with van der Waals surface area (Å²) in [6, 6.07) is 0. The maximum absolute atomic E-state index is 11.4. The van der Waals surface area contributed by atoms with Crippen LogP contribution in [0, 0.1) is 0 Å². The van der Waals surface area contributed by atoms with E-state index in [4.69, 9.17) is 10.2 Å². The van der Waals surface area contributed by atoms with Gasteiger partial charge in [-0.3, -0.25) is 18.7 Å². The van der Waals surface area contributed by atoms with Gasteiger partial charge < -0.3 is 30.0 Å². The molecule has 4 N–H and O–H groups in total. The van der Waals surface area contributed by atoms with Crippen molar-refractivity contribution in [2.75, 3.05) is 0 Å². The smallest absolute Gasteiger partial charge is 0.550 e. The van der Waals surface area contributed by atoms with Gasteiger partial charge in [-0.2, -0.15) is 16.8 Å². The van der Waals surface area contributed by atoms with Crippen LogP contribution in [-0.4, -0.2) is 69.5 Å². The summed E-state index contributed by atoms with van der Waals surface area (Å²) < 4.78 is 58.7. The average Bonchev–Trinajstić information content (AvgIpc) is 3.03. The van der Waals surface area contributed by atoms with Crippen LogP contribution in [0.2, 0.25) is 0 Å². The van der Waals surface area contributed by atoms with Crippen molar-refractivity contribution in [1.82, 2.24) is 0 Å². The van der Waals surface area contributed by atoms with Gasteiger partial charge >= 0.3 is 71.1 Å². The van der Waals surface area contributed by atoms with Gasteiger partial charge in [0.05, 0.1) is 12.4 Å². The number of carboxylic acids is 4. The molecule has 0 rings (SSSR count). The van der Waals surface area contributed by atoms with Crippen LogP contribution in [0.15, 0.2) is 0 Å². The molecule has 0 aromatic rings. The molecule has 0 fully saturated rings. The minimum absolute atomic E-state index is 0. The second-order valence-electron chi connectivity index (χ2n) is 13.9. The molecule has 0 aromatic heterocycles. The minimum Gasteiger partial charge on any atom is -0.550 e. The van der Waals surface area contributed by atoms with Gasteiger partial charge in [-0.15, -0.1) is 0 Å². The van der Waals surface area contributed by atoms with Gasteiger partial charge in [-0.1, -0.05) is 168 Å². The number of hydrogen-bond donors (Lipinski definition) is 4. The summed E-state index contributed by atoms with van der Waals surface area (Å²) in [5, 5.41) is 39.9. The first-order valence-corrected chi connectivity index (χ1v) is 22.0. The summed E-state index contributed by atoms with van der Waals surface area (Å²) in [5.41, 5.74) is 0. The van der Waals surface area contributed by atoms with E-state index in [9.17, 15) is 55.3 Å².